The molecule has 25 heavy (non-hydrogen) atoms. The number of carbonyl (C=O) groups excluding carboxylic acids is 3. The summed E-state index contributed by atoms with van der Waals surface area (Å²) >= 11 is 4.25. The standard InChI is InChI=1S/C15H17BrN4O4S/c1-3-24-15(23)11-8(2)12(13(17)22)25-14(11)19-10(21)4-5-20-7-9(16)6-18-20/h6-7H,3-5H2,1-2H3,(H2,17,22)(H,19,21). The van der Waals surface area contributed by atoms with Crippen molar-refractivity contribution < 1.29 is 19.1 Å². The van der Waals surface area contributed by atoms with E-state index in [9.17, 15) is 14.4 Å². The van der Waals surface area contributed by atoms with E-state index in [0.29, 0.717) is 12.1 Å². The van der Waals surface area contributed by atoms with Crippen molar-refractivity contribution >= 4 is 50.1 Å². The van der Waals surface area contributed by atoms with Crippen molar-refractivity contribution in [2.45, 2.75) is 26.8 Å². The van der Waals surface area contributed by atoms with Crippen molar-refractivity contribution in [1.82, 2.24) is 9.78 Å². The molecule has 0 fully saturated rings. The molecule has 0 aromatic carbocycles. The van der Waals surface area contributed by atoms with Gasteiger partial charge >= 0.3 is 5.97 Å². The summed E-state index contributed by atoms with van der Waals surface area (Å²) in [7, 11) is 0. The summed E-state index contributed by atoms with van der Waals surface area (Å²) in [6, 6.07) is 0. The number of carbonyl (C=O) groups is 3. The van der Waals surface area contributed by atoms with E-state index >= 15 is 0 Å². The maximum atomic E-state index is 12.2. The number of amides is 2. The third-order valence-electron chi connectivity index (χ3n) is 3.27. The van der Waals surface area contributed by atoms with Crippen LogP contribution in [-0.2, 0) is 16.1 Å². The highest BCUT2D eigenvalue weighted by Gasteiger charge is 2.25. The monoisotopic (exact) mass is 428 g/mol. The number of rotatable bonds is 7. The van der Waals surface area contributed by atoms with Gasteiger partial charge in [-0.1, -0.05) is 0 Å². The first kappa shape index (κ1) is 19.1. The molecule has 0 atom stereocenters. The van der Waals surface area contributed by atoms with Gasteiger partial charge in [0.2, 0.25) is 5.91 Å². The first-order valence-corrected chi connectivity index (χ1v) is 9.02. The molecule has 8 nitrogen and oxygen atoms in total. The molecule has 0 aliphatic carbocycles. The van der Waals surface area contributed by atoms with Gasteiger partial charge in [0.05, 0.1) is 27.7 Å². The lowest BCUT2D eigenvalue weighted by Crippen LogP contribution is -2.16. The first-order valence-electron chi connectivity index (χ1n) is 7.41. The third kappa shape index (κ3) is 4.67. The Morgan fingerprint density at radius 3 is 2.72 bits per heavy atom. The fourth-order valence-corrected chi connectivity index (χ4v) is 3.54. The van der Waals surface area contributed by atoms with Crippen LogP contribution in [0.5, 0.6) is 0 Å². The average molecular weight is 429 g/mol. The van der Waals surface area contributed by atoms with Gasteiger partial charge in [-0.3, -0.25) is 14.3 Å². The zero-order chi connectivity index (χ0) is 18.6. The highest BCUT2D eigenvalue weighted by Crippen LogP contribution is 2.33. The van der Waals surface area contributed by atoms with Gasteiger partial charge in [-0.25, -0.2) is 4.79 Å². The molecule has 10 heteroatoms. The van der Waals surface area contributed by atoms with Gasteiger partial charge in [0.1, 0.15) is 5.00 Å². The van der Waals surface area contributed by atoms with E-state index in [2.05, 4.69) is 26.3 Å². The summed E-state index contributed by atoms with van der Waals surface area (Å²) in [6.45, 7) is 3.83. The summed E-state index contributed by atoms with van der Waals surface area (Å²) in [5.74, 6) is -1.57. The number of aromatic nitrogens is 2. The number of halogens is 1. The molecule has 2 amide bonds. The summed E-state index contributed by atoms with van der Waals surface area (Å²) in [5, 5.41) is 6.99. The maximum Gasteiger partial charge on any atom is 0.341 e. The molecule has 2 rings (SSSR count). The second-order valence-corrected chi connectivity index (χ2v) is 7.00. The fourth-order valence-electron chi connectivity index (χ4n) is 2.15. The number of nitrogens with one attached hydrogen (secondary N) is 1. The number of nitrogens with zero attached hydrogens (tertiary/aromatic N) is 2. The van der Waals surface area contributed by atoms with Gasteiger partial charge in [0.15, 0.2) is 0 Å². The highest BCUT2D eigenvalue weighted by molar-refractivity contribution is 9.10. The topological polar surface area (TPSA) is 116 Å². The van der Waals surface area contributed by atoms with Gasteiger partial charge < -0.3 is 15.8 Å². The van der Waals surface area contributed by atoms with Crippen molar-refractivity contribution in [3.05, 3.63) is 32.9 Å². The quantitative estimate of drug-likeness (QED) is 0.656. The van der Waals surface area contributed by atoms with Crippen molar-refractivity contribution in [2.24, 2.45) is 5.73 Å². The minimum absolute atomic E-state index is 0.152. The molecule has 2 aromatic heterocycles. The van der Waals surface area contributed by atoms with Crippen molar-refractivity contribution in [1.29, 1.82) is 0 Å². The number of esters is 1. The summed E-state index contributed by atoms with van der Waals surface area (Å²) in [5.41, 5.74) is 5.90. The Hall–Kier alpha value is -2.20. The Kier molecular flexibility index (Phi) is 6.32. The molecular formula is C15H17BrN4O4S. The molecule has 0 unspecified atom stereocenters. The van der Waals surface area contributed by atoms with Crippen LogP contribution in [0.3, 0.4) is 0 Å². The number of hydrogen-bond donors (Lipinski definition) is 2. The third-order valence-corrected chi connectivity index (χ3v) is 4.90. The average Bonchev–Trinajstić information content (AvgIpc) is 3.09. The molecule has 0 aliphatic heterocycles. The molecule has 0 bridgehead atoms. The summed E-state index contributed by atoms with van der Waals surface area (Å²) in [6.07, 6.45) is 3.52. The van der Waals surface area contributed by atoms with Crippen LogP contribution in [-0.4, -0.2) is 34.2 Å². The van der Waals surface area contributed by atoms with Crippen LogP contribution in [0.4, 0.5) is 5.00 Å². The van der Waals surface area contributed by atoms with Gasteiger partial charge in [-0.15, -0.1) is 11.3 Å². The van der Waals surface area contributed by atoms with Gasteiger partial charge in [0.25, 0.3) is 5.91 Å². The fraction of sp³-hybridized carbons (Fsp3) is 0.333. The zero-order valence-electron chi connectivity index (χ0n) is 13.7. The minimum atomic E-state index is -0.657. The number of anilines is 1. The molecule has 2 aromatic rings. The normalized spacial score (nSPS) is 10.5. The van der Waals surface area contributed by atoms with E-state index < -0.39 is 11.9 Å². The Morgan fingerprint density at radius 1 is 1.44 bits per heavy atom. The predicted molar refractivity (Wildman–Crippen MR) is 96.7 cm³/mol. The SMILES string of the molecule is CCOC(=O)c1c(NC(=O)CCn2cc(Br)cn2)sc(C(N)=O)c1C. The van der Waals surface area contributed by atoms with Crippen molar-refractivity contribution in [2.75, 3.05) is 11.9 Å². The van der Waals surface area contributed by atoms with Crippen LogP contribution < -0.4 is 11.1 Å². The van der Waals surface area contributed by atoms with Crippen molar-refractivity contribution in [3.63, 3.8) is 0 Å². The number of aryl methyl sites for hydroxylation is 1. The Bertz CT molecular complexity index is 815. The van der Waals surface area contributed by atoms with E-state index in [1.807, 2.05) is 0 Å². The van der Waals surface area contributed by atoms with Crippen LogP contribution in [0.15, 0.2) is 16.9 Å². The maximum absolute atomic E-state index is 12.2. The van der Waals surface area contributed by atoms with E-state index in [1.54, 1.807) is 30.9 Å². The molecule has 134 valence electrons. The molecule has 0 saturated heterocycles. The van der Waals surface area contributed by atoms with E-state index in [0.717, 1.165) is 15.8 Å². The lowest BCUT2D eigenvalue weighted by molar-refractivity contribution is -0.116. The first-order chi connectivity index (χ1) is 11.8. The lowest BCUT2D eigenvalue weighted by atomic mass is 10.1. The Morgan fingerprint density at radius 2 is 2.16 bits per heavy atom. The Balaban J connectivity index is 2.16. The molecule has 3 N–H and O–H groups in total. The number of nitrogens with two attached hydrogens (primary N) is 1. The molecule has 0 radical (unpaired) electrons. The molecule has 2 heterocycles. The van der Waals surface area contributed by atoms with Crippen LogP contribution in [0.2, 0.25) is 0 Å². The van der Waals surface area contributed by atoms with E-state index in [-0.39, 0.29) is 34.4 Å². The summed E-state index contributed by atoms with van der Waals surface area (Å²) in [4.78, 5) is 36.1. The number of thiophene rings is 1. The predicted octanol–water partition coefficient (Wildman–Crippen LogP) is 2.32. The van der Waals surface area contributed by atoms with Crippen LogP contribution in [0.25, 0.3) is 0 Å². The van der Waals surface area contributed by atoms with Crippen LogP contribution in [0.1, 0.15) is 38.9 Å². The number of hydrogen-bond acceptors (Lipinski definition) is 6. The largest absolute Gasteiger partial charge is 0.462 e. The highest BCUT2D eigenvalue weighted by atomic mass is 79.9. The van der Waals surface area contributed by atoms with E-state index in [1.165, 1.54) is 0 Å². The molecular weight excluding hydrogens is 412 g/mol. The summed E-state index contributed by atoms with van der Waals surface area (Å²) < 4.78 is 7.43. The second-order valence-electron chi connectivity index (χ2n) is 5.06. The second kappa shape index (κ2) is 8.26. The molecule has 0 saturated carbocycles. The minimum Gasteiger partial charge on any atom is -0.462 e. The van der Waals surface area contributed by atoms with Crippen molar-refractivity contribution in [3.8, 4) is 0 Å². The zero-order valence-corrected chi connectivity index (χ0v) is 16.1. The van der Waals surface area contributed by atoms with Gasteiger partial charge in [-0.2, -0.15) is 5.10 Å². The Labute approximate surface area is 156 Å². The van der Waals surface area contributed by atoms with Crippen LogP contribution >= 0.6 is 27.3 Å². The van der Waals surface area contributed by atoms with Gasteiger partial charge in [-0.05, 0) is 35.3 Å². The van der Waals surface area contributed by atoms with Crippen LogP contribution in [0, 0.1) is 6.92 Å². The molecule has 0 spiro atoms. The lowest BCUT2D eigenvalue weighted by Gasteiger charge is -2.07. The van der Waals surface area contributed by atoms with E-state index in [4.69, 9.17) is 10.5 Å². The van der Waals surface area contributed by atoms with Gasteiger partial charge in [0, 0.05) is 19.2 Å². The number of ether oxygens (including phenoxy) is 1. The number of primary amides is 1. The molecule has 0 aliphatic rings. The smallest absolute Gasteiger partial charge is 0.341 e.